The first-order valence-corrected chi connectivity index (χ1v) is 22.4. The molecule has 0 aliphatic rings. The number of benzene rings is 7. The fourth-order valence-corrected chi connectivity index (χ4v) is 10.3. The number of rotatable bonds is 17. The van der Waals surface area contributed by atoms with Gasteiger partial charge in [0.15, 0.2) is 0 Å². The van der Waals surface area contributed by atoms with Gasteiger partial charge >= 0.3 is 0 Å². The maximum atomic E-state index is 14.9. The SMILES string of the molecule is COc1ccc(CSc2ccccc2NC(=O)CN(CCSC(c2ccccc2)(c2ccccc2)c2ccccc2)C(=O)Cc2c(-c3ccccc3)[nH]c3ccccc23)cc1. The van der Waals surface area contributed by atoms with E-state index in [0.717, 1.165) is 66.4 Å². The molecular weight excluding hydrogens is 791 g/mol. The second-order valence-electron chi connectivity index (χ2n) is 14.7. The van der Waals surface area contributed by atoms with Gasteiger partial charge in [0, 0.05) is 33.8 Å². The van der Waals surface area contributed by atoms with Crippen molar-refractivity contribution in [3.05, 3.63) is 222 Å². The molecule has 0 atom stereocenters. The average Bonchev–Trinajstić information content (AvgIpc) is 3.69. The van der Waals surface area contributed by atoms with Gasteiger partial charge < -0.3 is 19.9 Å². The molecule has 0 unspecified atom stereocenters. The zero-order valence-corrected chi connectivity index (χ0v) is 35.6. The highest BCUT2D eigenvalue weighted by atomic mass is 32.2. The zero-order valence-electron chi connectivity index (χ0n) is 34.0. The summed E-state index contributed by atoms with van der Waals surface area (Å²) < 4.78 is 4.76. The van der Waals surface area contributed by atoms with E-state index in [1.165, 1.54) is 0 Å². The van der Waals surface area contributed by atoms with E-state index >= 15 is 0 Å². The van der Waals surface area contributed by atoms with Gasteiger partial charge in [-0.25, -0.2) is 0 Å². The van der Waals surface area contributed by atoms with Gasteiger partial charge in [-0.15, -0.1) is 23.5 Å². The van der Waals surface area contributed by atoms with Crippen LogP contribution in [0.25, 0.3) is 22.2 Å². The lowest BCUT2D eigenvalue weighted by molar-refractivity contribution is -0.133. The summed E-state index contributed by atoms with van der Waals surface area (Å²) in [6.45, 7) is 0.247. The molecule has 2 N–H and O–H groups in total. The van der Waals surface area contributed by atoms with Crippen molar-refractivity contribution in [3.63, 3.8) is 0 Å². The lowest BCUT2D eigenvalue weighted by atomic mass is 9.84. The molecule has 0 aliphatic carbocycles. The highest BCUT2D eigenvalue weighted by molar-refractivity contribution is 8.00. The summed E-state index contributed by atoms with van der Waals surface area (Å²) >= 11 is 3.43. The molecule has 8 rings (SSSR count). The highest BCUT2D eigenvalue weighted by Gasteiger charge is 2.37. The molecule has 2 amide bonds. The Bertz CT molecular complexity index is 2580. The minimum absolute atomic E-state index is 0.102. The lowest BCUT2D eigenvalue weighted by Gasteiger charge is -2.36. The number of carbonyl (C=O) groups is 2. The number of para-hydroxylation sites is 2. The number of aromatic nitrogens is 1. The second-order valence-corrected chi connectivity index (χ2v) is 17.0. The van der Waals surface area contributed by atoms with Crippen LogP contribution in [-0.4, -0.2) is 47.7 Å². The van der Waals surface area contributed by atoms with Crippen LogP contribution in [0.5, 0.6) is 5.75 Å². The molecule has 1 heterocycles. The third-order valence-corrected chi connectivity index (χ3v) is 13.5. The number of ether oxygens (including phenoxy) is 1. The summed E-state index contributed by atoms with van der Waals surface area (Å²) in [5.41, 5.74) is 9.08. The van der Waals surface area contributed by atoms with Crippen molar-refractivity contribution in [2.24, 2.45) is 0 Å². The second kappa shape index (κ2) is 19.7. The Labute approximate surface area is 366 Å². The van der Waals surface area contributed by atoms with Crippen molar-refractivity contribution >= 4 is 51.9 Å². The fourth-order valence-electron chi connectivity index (χ4n) is 7.81. The van der Waals surface area contributed by atoms with Gasteiger partial charge in [0.2, 0.25) is 11.8 Å². The molecule has 0 aliphatic heterocycles. The van der Waals surface area contributed by atoms with Crippen LogP contribution in [0.1, 0.15) is 27.8 Å². The van der Waals surface area contributed by atoms with E-state index in [1.54, 1.807) is 35.5 Å². The topological polar surface area (TPSA) is 74.4 Å². The van der Waals surface area contributed by atoms with Crippen LogP contribution in [0.4, 0.5) is 5.69 Å². The minimum Gasteiger partial charge on any atom is -0.497 e. The summed E-state index contributed by atoms with van der Waals surface area (Å²) in [5.74, 6) is 1.72. The summed E-state index contributed by atoms with van der Waals surface area (Å²) in [4.78, 5) is 35.4. The molecule has 1 aromatic heterocycles. The average molecular weight is 838 g/mol. The van der Waals surface area contributed by atoms with Crippen molar-refractivity contribution in [2.45, 2.75) is 21.8 Å². The van der Waals surface area contributed by atoms with Gasteiger partial charge in [0.05, 0.1) is 36.2 Å². The van der Waals surface area contributed by atoms with Crippen molar-refractivity contribution in [3.8, 4) is 17.0 Å². The molecular formula is C53H47N3O3S2. The molecule has 61 heavy (non-hydrogen) atoms. The summed E-state index contributed by atoms with van der Waals surface area (Å²) in [7, 11) is 1.66. The van der Waals surface area contributed by atoms with Crippen LogP contribution in [0.3, 0.4) is 0 Å². The maximum absolute atomic E-state index is 14.9. The number of amides is 2. The number of nitrogens with one attached hydrogen (secondary N) is 2. The van der Waals surface area contributed by atoms with E-state index in [9.17, 15) is 9.59 Å². The van der Waals surface area contributed by atoms with Gasteiger partial charge in [-0.1, -0.05) is 164 Å². The summed E-state index contributed by atoms with van der Waals surface area (Å²) in [6.07, 6.45) is 0.127. The Kier molecular flexibility index (Phi) is 13.3. The maximum Gasteiger partial charge on any atom is 0.244 e. The summed E-state index contributed by atoms with van der Waals surface area (Å²) in [6, 6.07) is 65.7. The Hall–Kier alpha value is -6.48. The van der Waals surface area contributed by atoms with Crippen molar-refractivity contribution < 1.29 is 14.3 Å². The number of aromatic amines is 1. The quantitative estimate of drug-likeness (QED) is 0.0706. The van der Waals surface area contributed by atoms with E-state index in [4.69, 9.17) is 4.74 Å². The normalized spacial score (nSPS) is 11.3. The van der Waals surface area contributed by atoms with Crippen LogP contribution in [0.2, 0.25) is 0 Å². The Morgan fingerprint density at radius 3 is 1.84 bits per heavy atom. The number of anilines is 1. The molecule has 0 radical (unpaired) electrons. The number of H-pyrrole nitrogens is 1. The Morgan fingerprint density at radius 1 is 0.656 bits per heavy atom. The van der Waals surface area contributed by atoms with E-state index in [-0.39, 0.29) is 24.8 Å². The lowest BCUT2D eigenvalue weighted by Crippen LogP contribution is -2.41. The van der Waals surface area contributed by atoms with Crippen LogP contribution in [0, 0.1) is 0 Å². The molecule has 8 heteroatoms. The first kappa shape index (κ1) is 41.3. The van der Waals surface area contributed by atoms with Crippen LogP contribution in [-0.2, 0) is 26.5 Å². The van der Waals surface area contributed by atoms with Crippen LogP contribution in [0.15, 0.2) is 199 Å². The number of nitrogens with zero attached hydrogens (tertiary/aromatic N) is 1. The van der Waals surface area contributed by atoms with Crippen LogP contribution < -0.4 is 10.1 Å². The van der Waals surface area contributed by atoms with E-state index < -0.39 is 4.75 Å². The number of hydrogen-bond donors (Lipinski definition) is 2. The molecule has 0 saturated heterocycles. The molecule has 6 nitrogen and oxygen atoms in total. The minimum atomic E-state index is -0.571. The molecule has 8 aromatic rings. The number of thioether (sulfide) groups is 2. The zero-order chi connectivity index (χ0) is 41.9. The number of carbonyl (C=O) groups excluding carboxylic acids is 2. The number of fused-ring (bicyclic) bond motifs is 1. The molecule has 0 bridgehead atoms. The predicted octanol–water partition coefficient (Wildman–Crippen LogP) is 11.9. The molecule has 0 spiro atoms. The van der Waals surface area contributed by atoms with Gasteiger partial charge in [-0.05, 0) is 63.7 Å². The monoisotopic (exact) mass is 837 g/mol. The predicted molar refractivity (Wildman–Crippen MR) is 253 cm³/mol. The van der Waals surface area contributed by atoms with E-state index in [2.05, 4.69) is 101 Å². The first-order valence-electron chi connectivity index (χ1n) is 20.4. The van der Waals surface area contributed by atoms with Gasteiger partial charge in [0.1, 0.15) is 5.75 Å². The highest BCUT2D eigenvalue weighted by Crippen LogP contribution is 2.48. The van der Waals surface area contributed by atoms with Gasteiger partial charge in [-0.3, -0.25) is 9.59 Å². The smallest absolute Gasteiger partial charge is 0.244 e. The molecule has 0 saturated carbocycles. The van der Waals surface area contributed by atoms with Crippen molar-refractivity contribution in [1.29, 1.82) is 0 Å². The molecule has 7 aromatic carbocycles. The van der Waals surface area contributed by atoms with Crippen molar-refractivity contribution in [2.75, 3.05) is 31.3 Å². The summed E-state index contributed by atoms with van der Waals surface area (Å²) in [5, 5.41) is 4.17. The molecule has 0 fully saturated rings. The van der Waals surface area contributed by atoms with E-state index in [0.29, 0.717) is 18.0 Å². The van der Waals surface area contributed by atoms with Gasteiger partial charge in [0.25, 0.3) is 0 Å². The standard InChI is InChI=1S/C53H47N3O3S2/c1-59-44-32-30-39(31-33-44)38-60-49-29-17-16-28-48(49)54-50(57)37-56(51(58)36-46-45-26-14-15-27-47(45)55-52(46)40-18-6-2-7-19-40)34-35-61-53(41-20-8-3-9-21-41,42-22-10-4-11-23-42)43-24-12-5-13-25-43/h2-33,55H,34-38H2,1H3,(H,54,57). The largest absolute Gasteiger partial charge is 0.497 e. The number of hydrogen-bond acceptors (Lipinski definition) is 5. The third-order valence-electron chi connectivity index (χ3n) is 10.8. The third kappa shape index (κ3) is 9.62. The molecule has 304 valence electrons. The van der Waals surface area contributed by atoms with Crippen LogP contribution >= 0.6 is 23.5 Å². The Balaban J connectivity index is 1.09. The number of methoxy groups -OCH3 is 1. The fraction of sp³-hybridized carbons (Fsp3) is 0.132. The Morgan fingerprint density at radius 2 is 1.21 bits per heavy atom. The van der Waals surface area contributed by atoms with Crippen molar-refractivity contribution in [1.82, 2.24) is 9.88 Å². The van der Waals surface area contributed by atoms with E-state index in [1.807, 2.05) is 103 Å². The van der Waals surface area contributed by atoms with Gasteiger partial charge in [-0.2, -0.15) is 0 Å². The first-order chi connectivity index (χ1) is 30.0.